The summed E-state index contributed by atoms with van der Waals surface area (Å²) in [5.41, 5.74) is 0.649. The van der Waals surface area contributed by atoms with Crippen LogP contribution in [0.3, 0.4) is 0 Å². The molecule has 0 atom stereocenters. The summed E-state index contributed by atoms with van der Waals surface area (Å²) in [5, 5.41) is 13.1. The van der Waals surface area contributed by atoms with Crippen molar-refractivity contribution in [1.82, 2.24) is 9.78 Å². The van der Waals surface area contributed by atoms with Gasteiger partial charge >= 0.3 is 5.97 Å². The highest BCUT2D eigenvalue weighted by atomic mass is 16.5. The highest BCUT2D eigenvalue weighted by Crippen LogP contribution is 2.21. The lowest BCUT2D eigenvalue weighted by molar-refractivity contribution is 0.0690. The number of hydrogen-bond donors (Lipinski definition) is 1. The molecule has 1 aromatic rings. The minimum Gasteiger partial charge on any atom is -0.477 e. The van der Waals surface area contributed by atoms with E-state index in [1.807, 2.05) is 0 Å². The molecular formula is C12H20N2O3. The van der Waals surface area contributed by atoms with E-state index in [1.54, 1.807) is 14.0 Å². The molecule has 0 aromatic carbocycles. The number of carbonyl (C=O) groups is 1. The number of carboxylic acid groups (broad SMARTS) is 1. The Hall–Kier alpha value is -1.52. The Morgan fingerprint density at radius 3 is 2.71 bits per heavy atom. The summed E-state index contributed by atoms with van der Waals surface area (Å²) in [6.07, 6.45) is 1.99. The standard InChI is InChI=1S/C12H20N2O3/c1-8(2)6-5-7-17-11-10(12(15)16)9(3)13-14(11)4/h8H,5-7H2,1-4H3,(H,15,16). The van der Waals surface area contributed by atoms with Crippen LogP contribution in [0.5, 0.6) is 5.88 Å². The largest absolute Gasteiger partial charge is 0.477 e. The number of ether oxygens (including phenoxy) is 1. The SMILES string of the molecule is Cc1nn(C)c(OCCCC(C)C)c1C(=O)O. The molecule has 1 N–H and O–H groups in total. The summed E-state index contributed by atoms with van der Waals surface area (Å²) in [7, 11) is 1.69. The Bertz CT molecular complexity index is 397. The Morgan fingerprint density at radius 2 is 2.18 bits per heavy atom. The number of aromatic carboxylic acids is 1. The first-order valence-corrected chi connectivity index (χ1v) is 5.83. The molecule has 0 amide bonds. The van der Waals surface area contributed by atoms with Crippen molar-refractivity contribution in [2.24, 2.45) is 13.0 Å². The molecule has 17 heavy (non-hydrogen) atoms. The van der Waals surface area contributed by atoms with Gasteiger partial charge in [0.1, 0.15) is 5.56 Å². The molecule has 0 radical (unpaired) electrons. The number of aryl methyl sites for hydroxylation is 2. The highest BCUT2D eigenvalue weighted by Gasteiger charge is 2.20. The number of aromatic nitrogens is 2. The minimum absolute atomic E-state index is 0.164. The van der Waals surface area contributed by atoms with Gasteiger partial charge in [-0.25, -0.2) is 9.48 Å². The van der Waals surface area contributed by atoms with E-state index in [9.17, 15) is 4.79 Å². The van der Waals surface area contributed by atoms with Gasteiger partial charge < -0.3 is 9.84 Å². The van der Waals surface area contributed by atoms with E-state index in [2.05, 4.69) is 18.9 Å². The maximum atomic E-state index is 11.1. The molecule has 0 saturated heterocycles. The molecule has 5 heteroatoms. The summed E-state index contributed by atoms with van der Waals surface area (Å²) in [4.78, 5) is 11.1. The molecule has 1 heterocycles. The molecule has 0 aliphatic rings. The third-order valence-electron chi connectivity index (χ3n) is 2.55. The van der Waals surface area contributed by atoms with Crippen LogP contribution in [-0.2, 0) is 7.05 Å². The van der Waals surface area contributed by atoms with Crippen molar-refractivity contribution >= 4 is 5.97 Å². The van der Waals surface area contributed by atoms with Crippen LogP contribution in [0.2, 0.25) is 0 Å². The molecule has 0 bridgehead atoms. The molecule has 0 unspecified atom stereocenters. The van der Waals surface area contributed by atoms with Gasteiger partial charge in [-0.05, 0) is 25.7 Å². The van der Waals surface area contributed by atoms with E-state index in [-0.39, 0.29) is 5.56 Å². The Balaban J connectivity index is 2.67. The smallest absolute Gasteiger partial charge is 0.343 e. The van der Waals surface area contributed by atoms with Crippen LogP contribution >= 0.6 is 0 Å². The second kappa shape index (κ2) is 5.70. The zero-order valence-corrected chi connectivity index (χ0v) is 10.9. The van der Waals surface area contributed by atoms with Gasteiger partial charge in [-0.2, -0.15) is 5.10 Å². The van der Waals surface area contributed by atoms with E-state index >= 15 is 0 Å². The van der Waals surface area contributed by atoms with Crippen LogP contribution in [0.15, 0.2) is 0 Å². The van der Waals surface area contributed by atoms with E-state index in [1.165, 1.54) is 4.68 Å². The molecule has 0 fully saturated rings. The Morgan fingerprint density at radius 1 is 1.53 bits per heavy atom. The predicted octanol–water partition coefficient (Wildman–Crippen LogP) is 2.24. The first kappa shape index (κ1) is 13.5. The number of carboxylic acids is 1. The van der Waals surface area contributed by atoms with E-state index in [0.717, 1.165) is 12.8 Å². The van der Waals surface area contributed by atoms with Crippen molar-refractivity contribution in [2.45, 2.75) is 33.6 Å². The van der Waals surface area contributed by atoms with Crippen molar-refractivity contribution in [3.63, 3.8) is 0 Å². The van der Waals surface area contributed by atoms with Crippen molar-refractivity contribution in [3.8, 4) is 5.88 Å². The van der Waals surface area contributed by atoms with Crippen molar-refractivity contribution in [3.05, 3.63) is 11.3 Å². The maximum absolute atomic E-state index is 11.1. The second-order valence-electron chi connectivity index (χ2n) is 4.58. The number of nitrogens with zero attached hydrogens (tertiary/aromatic N) is 2. The van der Waals surface area contributed by atoms with Crippen LogP contribution in [0.4, 0.5) is 0 Å². The van der Waals surface area contributed by atoms with Gasteiger partial charge in [-0.1, -0.05) is 13.8 Å². The molecule has 0 spiro atoms. The molecule has 0 aliphatic heterocycles. The number of rotatable bonds is 6. The predicted molar refractivity (Wildman–Crippen MR) is 64.5 cm³/mol. The summed E-state index contributed by atoms with van der Waals surface area (Å²) in [5.74, 6) is -0.0148. The van der Waals surface area contributed by atoms with Gasteiger partial charge in [-0.15, -0.1) is 0 Å². The van der Waals surface area contributed by atoms with Crippen molar-refractivity contribution < 1.29 is 14.6 Å². The van der Waals surface area contributed by atoms with Crippen LogP contribution < -0.4 is 4.74 Å². The third-order valence-corrected chi connectivity index (χ3v) is 2.55. The van der Waals surface area contributed by atoms with Gasteiger partial charge in [0.2, 0.25) is 5.88 Å². The highest BCUT2D eigenvalue weighted by molar-refractivity contribution is 5.91. The lowest BCUT2D eigenvalue weighted by Crippen LogP contribution is -2.07. The topological polar surface area (TPSA) is 64.4 Å². The van der Waals surface area contributed by atoms with Crippen LogP contribution in [-0.4, -0.2) is 27.5 Å². The van der Waals surface area contributed by atoms with Gasteiger partial charge in [0.15, 0.2) is 0 Å². The lowest BCUT2D eigenvalue weighted by atomic mass is 10.1. The lowest BCUT2D eigenvalue weighted by Gasteiger charge is -2.08. The normalized spacial score (nSPS) is 10.9. The monoisotopic (exact) mass is 240 g/mol. The molecule has 1 aromatic heterocycles. The molecule has 5 nitrogen and oxygen atoms in total. The van der Waals surface area contributed by atoms with Gasteiger partial charge in [0, 0.05) is 7.05 Å². The average molecular weight is 240 g/mol. The fourth-order valence-corrected chi connectivity index (χ4v) is 1.71. The molecule has 0 aliphatic carbocycles. The van der Waals surface area contributed by atoms with Crippen LogP contribution in [0.1, 0.15) is 42.7 Å². The fraction of sp³-hybridized carbons (Fsp3) is 0.667. The second-order valence-corrected chi connectivity index (χ2v) is 4.58. The molecule has 96 valence electrons. The van der Waals surface area contributed by atoms with Crippen molar-refractivity contribution in [1.29, 1.82) is 0 Å². The quantitative estimate of drug-likeness (QED) is 0.774. The van der Waals surface area contributed by atoms with E-state index in [4.69, 9.17) is 9.84 Å². The first-order valence-electron chi connectivity index (χ1n) is 5.83. The molecule has 0 saturated carbocycles. The fourth-order valence-electron chi connectivity index (χ4n) is 1.71. The average Bonchev–Trinajstić information content (AvgIpc) is 2.48. The zero-order chi connectivity index (χ0) is 13.0. The summed E-state index contributed by atoms with van der Waals surface area (Å²) >= 11 is 0. The first-order chi connectivity index (χ1) is 7.93. The van der Waals surface area contributed by atoms with Gasteiger partial charge in [-0.3, -0.25) is 0 Å². The number of hydrogen-bond acceptors (Lipinski definition) is 3. The van der Waals surface area contributed by atoms with Crippen LogP contribution in [0, 0.1) is 12.8 Å². The minimum atomic E-state index is -0.991. The van der Waals surface area contributed by atoms with Gasteiger partial charge in [0.25, 0.3) is 0 Å². The van der Waals surface area contributed by atoms with Crippen molar-refractivity contribution in [2.75, 3.05) is 6.61 Å². The zero-order valence-electron chi connectivity index (χ0n) is 10.9. The third kappa shape index (κ3) is 3.47. The summed E-state index contributed by atoms with van der Waals surface area (Å²) in [6.45, 7) is 6.50. The molecular weight excluding hydrogens is 220 g/mol. The summed E-state index contributed by atoms with van der Waals surface area (Å²) in [6, 6.07) is 0. The van der Waals surface area contributed by atoms with E-state index in [0.29, 0.717) is 24.1 Å². The van der Waals surface area contributed by atoms with Crippen LogP contribution in [0.25, 0.3) is 0 Å². The maximum Gasteiger partial charge on any atom is 0.343 e. The van der Waals surface area contributed by atoms with E-state index < -0.39 is 5.97 Å². The Labute approximate surface area is 101 Å². The summed E-state index contributed by atoms with van der Waals surface area (Å²) < 4.78 is 7.00. The van der Waals surface area contributed by atoms with Gasteiger partial charge in [0.05, 0.1) is 12.3 Å². The molecule has 1 rings (SSSR count). The Kier molecular flexibility index (Phi) is 4.54.